The molecule has 0 spiro atoms. The summed E-state index contributed by atoms with van der Waals surface area (Å²) >= 11 is 1.26. The van der Waals surface area contributed by atoms with Crippen molar-refractivity contribution in [1.29, 1.82) is 5.26 Å². The molecule has 1 atom stereocenters. The van der Waals surface area contributed by atoms with Crippen LogP contribution in [-0.2, 0) is 4.79 Å². The summed E-state index contributed by atoms with van der Waals surface area (Å²) in [6, 6.07) is 1.92. The van der Waals surface area contributed by atoms with Gasteiger partial charge in [-0.15, -0.1) is 11.8 Å². The van der Waals surface area contributed by atoms with Crippen molar-refractivity contribution in [3.63, 3.8) is 0 Å². The first-order valence-corrected chi connectivity index (χ1v) is 4.71. The summed E-state index contributed by atoms with van der Waals surface area (Å²) in [5, 5.41) is 19.5. The number of carbonyl (C=O) groups excluding carboxylic acids is 1. The lowest BCUT2D eigenvalue weighted by atomic mass is 10.4. The number of nitrogens with one attached hydrogen (secondary N) is 1. The second-order valence-corrected chi connectivity index (χ2v) is 3.29. The third-order valence-electron chi connectivity index (χ3n) is 0.994. The fraction of sp³-hybridized carbons (Fsp3) is 0.714. The molecule has 0 bridgehead atoms. The number of aliphatic hydroxyl groups excluding tert-OH is 1. The SMILES string of the molecule is CC(O)CNC(=O)CSCC#N. The number of thioether (sulfide) groups is 1. The van der Waals surface area contributed by atoms with Gasteiger partial charge in [-0.1, -0.05) is 0 Å². The maximum atomic E-state index is 10.9. The first-order valence-electron chi connectivity index (χ1n) is 3.56. The quantitative estimate of drug-likeness (QED) is 0.583. The summed E-state index contributed by atoms with van der Waals surface area (Å²) in [6.07, 6.45) is -0.519. The molecule has 0 fully saturated rings. The lowest BCUT2D eigenvalue weighted by Crippen LogP contribution is -2.31. The highest BCUT2D eigenvalue weighted by molar-refractivity contribution is 8.00. The Bertz CT molecular complexity index is 177. The Morgan fingerprint density at radius 3 is 3.00 bits per heavy atom. The fourth-order valence-corrected chi connectivity index (χ4v) is 0.983. The van der Waals surface area contributed by atoms with Gasteiger partial charge in [-0.3, -0.25) is 4.79 Å². The highest BCUT2D eigenvalue weighted by Crippen LogP contribution is 1.96. The molecular weight excluding hydrogens is 176 g/mol. The molecule has 5 heteroatoms. The zero-order chi connectivity index (χ0) is 9.40. The first-order chi connectivity index (χ1) is 5.66. The third kappa shape index (κ3) is 7.38. The molecule has 0 aromatic carbocycles. The number of nitrogens with zero attached hydrogens (tertiary/aromatic N) is 1. The molecular formula is C7H12N2O2S. The van der Waals surface area contributed by atoms with E-state index < -0.39 is 6.10 Å². The second kappa shape index (κ2) is 6.95. The Morgan fingerprint density at radius 2 is 2.50 bits per heavy atom. The minimum atomic E-state index is -0.519. The van der Waals surface area contributed by atoms with Crippen LogP contribution in [0.3, 0.4) is 0 Å². The van der Waals surface area contributed by atoms with E-state index in [4.69, 9.17) is 10.4 Å². The number of hydrogen-bond acceptors (Lipinski definition) is 4. The van der Waals surface area contributed by atoms with Crippen molar-refractivity contribution in [2.24, 2.45) is 0 Å². The van der Waals surface area contributed by atoms with Crippen LogP contribution in [0.4, 0.5) is 0 Å². The van der Waals surface area contributed by atoms with Crippen molar-refractivity contribution in [1.82, 2.24) is 5.32 Å². The van der Waals surface area contributed by atoms with Gasteiger partial charge in [-0.2, -0.15) is 5.26 Å². The predicted molar refractivity (Wildman–Crippen MR) is 47.6 cm³/mol. The monoisotopic (exact) mass is 188 g/mol. The summed E-state index contributed by atoms with van der Waals surface area (Å²) in [7, 11) is 0. The van der Waals surface area contributed by atoms with Crippen LogP contribution in [0.25, 0.3) is 0 Å². The zero-order valence-corrected chi connectivity index (χ0v) is 7.73. The minimum absolute atomic E-state index is 0.142. The summed E-state index contributed by atoms with van der Waals surface area (Å²) in [5.74, 6) is 0.457. The Balaban J connectivity index is 3.29. The highest BCUT2D eigenvalue weighted by Gasteiger charge is 2.01. The highest BCUT2D eigenvalue weighted by atomic mass is 32.2. The van der Waals surface area contributed by atoms with Crippen molar-refractivity contribution in [3.05, 3.63) is 0 Å². The standard InChI is InChI=1S/C7H12N2O2S/c1-6(10)4-9-7(11)5-12-3-2-8/h6,10H,3-5H2,1H3,(H,9,11). The molecule has 0 aliphatic heterocycles. The van der Waals surface area contributed by atoms with Gasteiger partial charge in [-0.05, 0) is 6.92 Å². The summed E-state index contributed by atoms with van der Waals surface area (Å²) in [6.45, 7) is 1.87. The summed E-state index contributed by atoms with van der Waals surface area (Å²) < 4.78 is 0. The smallest absolute Gasteiger partial charge is 0.230 e. The molecule has 0 aliphatic carbocycles. The van der Waals surface area contributed by atoms with Crippen LogP contribution in [0.15, 0.2) is 0 Å². The van der Waals surface area contributed by atoms with E-state index >= 15 is 0 Å². The first kappa shape index (κ1) is 11.3. The van der Waals surface area contributed by atoms with Gasteiger partial charge in [0, 0.05) is 6.54 Å². The average molecular weight is 188 g/mol. The van der Waals surface area contributed by atoms with Crippen LogP contribution >= 0.6 is 11.8 Å². The van der Waals surface area contributed by atoms with E-state index in [2.05, 4.69) is 5.32 Å². The average Bonchev–Trinajstić information content (AvgIpc) is 2.01. The van der Waals surface area contributed by atoms with Crippen LogP contribution in [0.2, 0.25) is 0 Å². The lowest BCUT2D eigenvalue weighted by molar-refractivity contribution is -0.118. The molecule has 0 heterocycles. The van der Waals surface area contributed by atoms with E-state index in [1.807, 2.05) is 6.07 Å². The molecule has 0 aromatic rings. The van der Waals surface area contributed by atoms with E-state index in [1.54, 1.807) is 6.92 Å². The molecule has 0 aliphatic rings. The lowest BCUT2D eigenvalue weighted by Gasteiger charge is -2.05. The third-order valence-corrected chi connectivity index (χ3v) is 1.79. The van der Waals surface area contributed by atoms with Crippen molar-refractivity contribution < 1.29 is 9.90 Å². The number of carbonyl (C=O) groups is 1. The van der Waals surface area contributed by atoms with Gasteiger partial charge in [0.1, 0.15) is 0 Å². The van der Waals surface area contributed by atoms with Crippen LogP contribution in [0, 0.1) is 11.3 Å². The molecule has 1 amide bonds. The zero-order valence-electron chi connectivity index (χ0n) is 6.91. The van der Waals surface area contributed by atoms with Gasteiger partial charge < -0.3 is 10.4 Å². The van der Waals surface area contributed by atoms with Gasteiger partial charge in [0.15, 0.2) is 0 Å². The summed E-state index contributed by atoms with van der Waals surface area (Å²) in [5.41, 5.74) is 0. The van der Waals surface area contributed by atoms with Crippen molar-refractivity contribution in [2.75, 3.05) is 18.1 Å². The number of amides is 1. The van der Waals surface area contributed by atoms with E-state index in [-0.39, 0.29) is 18.2 Å². The van der Waals surface area contributed by atoms with Crippen LogP contribution < -0.4 is 5.32 Å². The van der Waals surface area contributed by atoms with Gasteiger partial charge in [-0.25, -0.2) is 0 Å². The van der Waals surface area contributed by atoms with Crippen LogP contribution in [0.1, 0.15) is 6.92 Å². The maximum Gasteiger partial charge on any atom is 0.230 e. The fourth-order valence-electron chi connectivity index (χ4n) is 0.502. The number of rotatable bonds is 5. The number of aliphatic hydroxyl groups is 1. The Morgan fingerprint density at radius 1 is 1.83 bits per heavy atom. The van der Waals surface area contributed by atoms with Crippen molar-refractivity contribution >= 4 is 17.7 Å². The van der Waals surface area contributed by atoms with E-state index in [0.717, 1.165) is 0 Å². The van der Waals surface area contributed by atoms with Crippen LogP contribution in [-0.4, -0.2) is 35.2 Å². The molecule has 0 rings (SSSR count). The van der Waals surface area contributed by atoms with Crippen LogP contribution in [0.5, 0.6) is 0 Å². The van der Waals surface area contributed by atoms with E-state index in [0.29, 0.717) is 5.75 Å². The molecule has 0 saturated carbocycles. The molecule has 0 radical (unpaired) electrons. The number of hydrogen-bond donors (Lipinski definition) is 2. The minimum Gasteiger partial charge on any atom is -0.392 e. The molecule has 68 valence electrons. The predicted octanol–water partition coefficient (Wildman–Crippen LogP) is -0.260. The summed E-state index contributed by atoms with van der Waals surface area (Å²) in [4.78, 5) is 10.9. The molecule has 1 unspecified atom stereocenters. The van der Waals surface area contributed by atoms with Gasteiger partial charge in [0.25, 0.3) is 0 Å². The maximum absolute atomic E-state index is 10.9. The Kier molecular flexibility index (Phi) is 6.53. The second-order valence-electron chi connectivity index (χ2n) is 2.30. The molecule has 0 aromatic heterocycles. The van der Waals surface area contributed by atoms with Gasteiger partial charge >= 0.3 is 0 Å². The van der Waals surface area contributed by atoms with Gasteiger partial charge in [0.2, 0.25) is 5.91 Å². The van der Waals surface area contributed by atoms with Crippen molar-refractivity contribution in [2.45, 2.75) is 13.0 Å². The van der Waals surface area contributed by atoms with E-state index in [1.165, 1.54) is 11.8 Å². The molecule has 12 heavy (non-hydrogen) atoms. The largest absolute Gasteiger partial charge is 0.392 e. The molecule has 4 nitrogen and oxygen atoms in total. The topological polar surface area (TPSA) is 73.1 Å². The van der Waals surface area contributed by atoms with Gasteiger partial charge in [0.05, 0.1) is 23.7 Å². The Labute approximate surface area is 76.0 Å². The van der Waals surface area contributed by atoms with E-state index in [9.17, 15) is 4.79 Å². The normalized spacial score (nSPS) is 11.8. The molecule has 0 saturated heterocycles. The van der Waals surface area contributed by atoms with Crippen molar-refractivity contribution in [3.8, 4) is 6.07 Å². The number of nitriles is 1. The molecule has 2 N–H and O–H groups in total. The Hall–Kier alpha value is -0.730.